The van der Waals surface area contributed by atoms with Crippen LogP contribution in [0.5, 0.6) is 0 Å². The van der Waals surface area contributed by atoms with E-state index in [9.17, 15) is 0 Å². The number of hydrogen-bond donors (Lipinski definition) is 1. The van der Waals surface area contributed by atoms with E-state index >= 15 is 0 Å². The van der Waals surface area contributed by atoms with Crippen molar-refractivity contribution in [1.29, 1.82) is 0 Å². The maximum absolute atomic E-state index is 5.99. The fraction of sp³-hybridized carbons (Fsp3) is 0.364. The van der Waals surface area contributed by atoms with E-state index in [0.29, 0.717) is 0 Å². The quantitative estimate of drug-likeness (QED) is 0.537. The summed E-state index contributed by atoms with van der Waals surface area (Å²) in [5, 5.41) is 6.15. The second kappa shape index (κ2) is 7.49. The zero-order valence-electron chi connectivity index (χ0n) is 14.4. The van der Waals surface area contributed by atoms with E-state index < -0.39 is 0 Å². The average Bonchev–Trinajstić information content (AvgIpc) is 3.09. The third-order valence-electron chi connectivity index (χ3n) is 5.39. The summed E-state index contributed by atoms with van der Waals surface area (Å²) in [5.74, 6) is 0. The Morgan fingerprint density at radius 1 is 0.960 bits per heavy atom. The van der Waals surface area contributed by atoms with E-state index in [4.69, 9.17) is 11.6 Å². The molecule has 1 fully saturated rings. The van der Waals surface area contributed by atoms with Crippen LogP contribution < -0.4 is 5.32 Å². The summed E-state index contributed by atoms with van der Waals surface area (Å²) >= 11 is 7.96. The van der Waals surface area contributed by atoms with Crippen molar-refractivity contribution >= 4 is 33.0 Å². The summed E-state index contributed by atoms with van der Waals surface area (Å²) in [6.07, 6.45) is 7.56. The molecule has 0 atom stereocenters. The minimum atomic E-state index is 0.161. The van der Waals surface area contributed by atoms with E-state index in [1.807, 2.05) is 23.5 Å². The Labute approximate surface area is 159 Å². The molecule has 4 rings (SSSR count). The van der Waals surface area contributed by atoms with Crippen molar-refractivity contribution < 1.29 is 0 Å². The van der Waals surface area contributed by atoms with Gasteiger partial charge in [0.05, 0.1) is 5.54 Å². The van der Waals surface area contributed by atoms with Crippen LogP contribution in [0.2, 0.25) is 5.02 Å². The van der Waals surface area contributed by atoms with E-state index in [2.05, 4.69) is 47.8 Å². The molecule has 1 aliphatic rings. The molecular weight excluding hydrogens is 346 g/mol. The lowest BCUT2D eigenvalue weighted by molar-refractivity contribution is 0.240. The fourth-order valence-electron chi connectivity index (χ4n) is 3.98. The van der Waals surface area contributed by atoms with Crippen molar-refractivity contribution in [2.45, 2.75) is 44.1 Å². The lowest BCUT2D eigenvalue weighted by atomic mass is 9.80. The van der Waals surface area contributed by atoms with Gasteiger partial charge in [0.15, 0.2) is 0 Å². The van der Waals surface area contributed by atoms with Crippen molar-refractivity contribution in [3.8, 4) is 0 Å². The number of fused-ring (bicyclic) bond motifs is 1. The van der Waals surface area contributed by atoms with Crippen LogP contribution in [0.1, 0.15) is 42.5 Å². The van der Waals surface area contributed by atoms with E-state index in [0.717, 1.165) is 18.0 Å². The van der Waals surface area contributed by atoms with Crippen molar-refractivity contribution in [2.24, 2.45) is 0 Å². The van der Waals surface area contributed by atoms with Crippen LogP contribution in [-0.2, 0) is 12.0 Å². The number of rotatable bonds is 5. The Bertz CT molecular complexity index is 798. The van der Waals surface area contributed by atoms with Crippen LogP contribution in [0, 0.1) is 0 Å². The smallest absolute Gasteiger partial charge is 0.0529 e. The van der Waals surface area contributed by atoms with Crippen molar-refractivity contribution in [2.75, 3.05) is 6.54 Å². The van der Waals surface area contributed by atoms with Gasteiger partial charge in [0.1, 0.15) is 0 Å². The molecule has 1 nitrogen and oxygen atoms in total. The predicted molar refractivity (Wildman–Crippen MR) is 110 cm³/mol. The molecule has 0 saturated heterocycles. The molecule has 1 aliphatic carbocycles. The Balaban J connectivity index is 1.53. The molecule has 0 spiro atoms. The molecular formula is C22H24ClNS. The predicted octanol–water partition coefficient (Wildman–Crippen LogP) is 6.55. The second-order valence-corrected chi connectivity index (χ2v) is 8.61. The normalized spacial score (nSPS) is 17.0. The highest BCUT2D eigenvalue weighted by atomic mass is 35.5. The monoisotopic (exact) mass is 369 g/mol. The Morgan fingerprint density at radius 3 is 2.48 bits per heavy atom. The first-order valence-electron chi connectivity index (χ1n) is 9.24. The van der Waals surface area contributed by atoms with Gasteiger partial charge in [-0.15, -0.1) is 11.3 Å². The summed E-state index contributed by atoms with van der Waals surface area (Å²) < 4.78 is 1.40. The Kier molecular flexibility index (Phi) is 5.12. The minimum absolute atomic E-state index is 0.161. The van der Waals surface area contributed by atoms with Gasteiger partial charge in [0.25, 0.3) is 0 Å². The molecule has 1 N–H and O–H groups in total. The zero-order valence-corrected chi connectivity index (χ0v) is 16.0. The molecule has 2 aromatic carbocycles. The van der Waals surface area contributed by atoms with Crippen LogP contribution in [-0.4, -0.2) is 6.54 Å². The molecule has 0 bridgehead atoms. The topological polar surface area (TPSA) is 12.0 Å². The second-order valence-electron chi connectivity index (χ2n) is 7.09. The molecule has 1 heterocycles. The van der Waals surface area contributed by atoms with Crippen molar-refractivity contribution in [3.63, 3.8) is 0 Å². The van der Waals surface area contributed by atoms with Gasteiger partial charge in [-0.1, -0.05) is 61.2 Å². The Morgan fingerprint density at radius 2 is 1.72 bits per heavy atom. The lowest BCUT2D eigenvalue weighted by Gasteiger charge is -2.38. The molecule has 1 aromatic heterocycles. The number of thiophene rings is 1. The molecule has 0 amide bonds. The van der Waals surface area contributed by atoms with E-state index in [1.54, 1.807) is 0 Å². The van der Waals surface area contributed by atoms with Crippen LogP contribution in [0.3, 0.4) is 0 Å². The molecule has 1 saturated carbocycles. The first-order chi connectivity index (χ1) is 12.3. The van der Waals surface area contributed by atoms with Crippen LogP contribution in [0.25, 0.3) is 10.1 Å². The SMILES string of the molecule is Clc1ccc(CCNC2(c3cc4ccccc4s3)CCCCC2)cc1. The maximum Gasteiger partial charge on any atom is 0.0529 e. The van der Waals surface area contributed by atoms with Gasteiger partial charge in [-0.25, -0.2) is 0 Å². The average molecular weight is 370 g/mol. The van der Waals surface area contributed by atoms with Gasteiger partial charge < -0.3 is 5.32 Å². The molecule has 3 heteroatoms. The van der Waals surface area contributed by atoms with Gasteiger partial charge in [-0.05, 0) is 54.5 Å². The number of benzene rings is 2. The standard InChI is InChI=1S/C22H24ClNS/c23-19-10-8-17(9-11-19)12-15-24-22(13-4-1-5-14-22)21-16-18-6-2-3-7-20(18)25-21/h2-3,6-11,16,24H,1,4-5,12-15H2. The maximum atomic E-state index is 5.99. The molecule has 25 heavy (non-hydrogen) atoms. The van der Waals surface area contributed by atoms with Crippen molar-refractivity contribution in [3.05, 3.63) is 70.1 Å². The third-order valence-corrected chi connectivity index (χ3v) is 6.97. The van der Waals surface area contributed by atoms with Crippen LogP contribution in [0.4, 0.5) is 0 Å². The van der Waals surface area contributed by atoms with Gasteiger partial charge >= 0.3 is 0 Å². The van der Waals surface area contributed by atoms with E-state index in [1.165, 1.54) is 52.6 Å². The van der Waals surface area contributed by atoms with Crippen LogP contribution in [0.15, 0.2) is 54.6 Å². The molecule has 0 aliphatic heterocycles. The third kappa shape index (κ3) is 3.76. The summed E-state index contributed by atoms with van der Waals surface area (Å²) in [6.45, 7) is 1.01. The first-order valence-corrected chi connectivity index (χ1v) is 10.4. The molecule has 130 valence electrons. The fourth-order valence-corrected chi connectivity index (χ4v) is 5.39. The lowest BCUT2D eigenvalue weighted by Crippen LogP contribution is -2.44. The van der Waals surface area contributed by atoms with Gasteiger partial charge in [0, 0.05) is 21.1 Å². The van der Waals surface area contributed by atoms with Crippen molar-refractivity contribution in [1.82, 2.24) is 5.32 Å². The highest BCUT2D eigenvalue weighted by Crippen LogP contribution is 2.42. The largest absolute Gasteiger partial charge is 0.306 e. The van der Waals surface area contributed by atoms with Gasteiger partial charge in [0.2, 0.25) is 0 Å². The summed E-state index contributed by atoms with van der Waals surface area (Å²) in [7, 11) is 0. The summed E-state index contributed by atoms with van der Waals surface area (Å²) in [6, 6.07) is 19.4. The minimum Gasteiger partial charge on any atom is -0.306 e. The van der Waals surface area contributed by atoms with Gasteiger partial charge in [-0.2, -0.15) is 0 Å². The first kappa shape index (κ1) is 17.1. The highest BCUT2D eigenvalue weighted by Gasteiger charge is 2.34. The number of nitrogens with one attached hydrogen (secondary N) is 1. The van der Waals surface area contributed by atoms with Crippen LogP contribution >= 0.6 is 22.9 Å². The summed E-state index contributed by atoms with van der Waals surface area (Å²) in [5.41, 5.74) is 1.51. The molecule has 3 aromatic rings. The highest BCUT2D eigenvalue weighted by molar-refractivity contribution is 7.19. The van der Waals surface area contributed by atoms with E-state index in [-0.39, 0.29) is 5.54 Å². The number of hydrogen-bond acceptors (Lipinski definition) is 2. The Hall–Kier alpha value is -1.35. The summed E-state index contributed by atoms with van der Waals surface area (Å²) in [4.78, 5) is 1.52. The molecule has 0 radical (unpaired) electrons. The zero-order chi connectivity index (χ0) is 17.1. The molecule has 0 unspecified atom stereocenters. The number of halogens is 1. The van der Waals surface area contributed by atoms with Gasteiger partial charge in [-0.3, -0.25) is 0 Å².